The summed E-state index contributed by atoms with van der Waals surface area (Å²) in [5.74, 6) is 0. The molecule has 269 valence electrons. The topological polar surface area (TPSA) is 4.93 Å². The van der Waals surface area contributed by atoms with E-state index in [9.17, 15) is 39.5 Å². The van der Waals surface area contributed by atoms with Gasteiger partial charge in [0.1, 0.15) is 0 Å². The van der Waals surface area contributed by atoms with Crippen LogP contribution in [0.25, 0.3) is 28.1 Å². The molecule has 0 amide bonds. The van der Waals surface area contributed by atoms with Crippen LogP contribution in [-0.2, 0) is 30.1 Å². The Morgan fingerprint density at radius 1 is 0.686 bits per heavy atom. The van der Waals surface area contributed by atoms with Crippen molar-refractivity contribution in [2.45, 2.75) is 67.0 Å². The Hall–Kier alpha value is -2.53. The summed E-state index contributed by atoms with van der Waals surface area (Å²) >= 11 is 1.21. The first-order valence-corrected chi connectivity index (χ1v) is 20.0. The second-order valence-corrected chi connectivity index (χ2v) is 19.4. The van der Waals surface area contributed by atoms with Crippen molar-refractivity contribution >= 4 is 19.3 Å². The number of halogens is 11. The van der Waals surface area contributed by atoms with Gasteiger partial charge in [0.25, 0.3) is 0 Å². The van der Waals surface area contributed by atoms with Gasteiger partial charge in [0.2, 0.25) is 0 Å². The molecule has 0 fully saturated rings. The maximum absolute atomic E-state index is 13.3. The molecule has 3 heterocycles. The van der Waals surface area contributed by atoms with Crippen molar-refractivity contribution in [3.8, 4) is 16.8 Å². The Balaban J connectivity index is 0.000000239. The fourth-order valence-electron chi connectivity index (χ4n) is 8.11. The van der Waals surface area contributed by atoms with Crippen LogP contribution in [0.3, 0.4) is 0 Å². The van der Waals surface area contributed by atoms with Gasteiger partial charge in [-0.05, 0) is 37.6 Å². The third-order valence-corrected chi connectivity index (χ3v) is 16.1. The maximum Gasteiger partial charge on any atom is -1.00 e. The van der Waals surface area contributed by atoms with Gasteiger partial charge in [-0.2, -0.15) is 0 Å². The van der Waals surface area contributed by atoms with E-state index in [0.717, 1.165) is 34.4 Å². The molecule has 4 aromatic rings. The summed E-state index contributed by atoms with van der Waals surface area (Å²) in [4.78, 5) is 0. The van der Waals surface area contributed by atoms with E-state index in [0.29, 0.717) is 5.56 Å². The molecule has 4 aliphatic rings. The quantitative estimate of drug-likeness (QED) is 0.183. The monoisotopic (exact) mass is 848 g/mol. The van der Waals surface area contributed by atoms with E-state index in [1.807, 2.05) is 19.1 Å². The van der Waals surface area contributed by atoms with Gasteiger partial charge in [0, 0.05) is 22.6 Å². The third kappa shape index (κ3) is 6.14. The largest absolute Gasteiger partial charge is 1.00 e. The minimum atomic E-state index is -6.63. The number of rotatable bonds is 3. The first kappa shape index (κ1) is 41.2. The van der Waals surface area contributed by atoms with E-state index in [4.69, 9.17) is 0 Å². The molecule has 0 saturated heterocycles. The number of allylic oxidation sites excluding steroid dienone is 2. The molecule has 2 aliphatic carbocycles. The van der Waals surface area contributed by atoms with E-state index < -0.39 is 37.6 Å². The molecule has 0 saturated carbocycles. The summed E-state index contributed by atoms with van der Waals surface area (Å²) in [5.41, 5.74) is 3.84. The van der Waals surface area contributed by atoms with Crippen molar-refractivity contribution in [3.05, 3.63) is 124 Å². The number of nitrogens with zero attached hydrogens (tertiary/aromatic N) is 1. The predicted octanol–water partition coefficient (Wildman–Crippen LogP) is 5.75. The number of alkyl halides is 9. The number of aromatic nitrogens is 1. The fraction of sp³-hybridized carbons (Fsp3) is 0.297. The minimum absolute atomic E-state index is 0. The first-order valence-electron chi connectivity index (χ1n) is 15.5. The molecule has 0 radical (unpaired) electrons. The van der Waals surface area contributed by atoms with E-state index in [2.05, 4.69) is 67.9 Å². The second kappa shape index (κ2) is 13.7. The van der Waals surface area contributed by atoms with Crippen molar-refractivity contribution < 1.29 is 89.0 Å². The average Bonchev–Trinajstić information content (AvgIpc) is 3.64. The van der Waals surface area contributed by atoms with Crippen LogP contribution in [0, 0.1) is 6.92 Å². The number of aryl methyl sites for hydroxylation is 1. The summed E-state index contributed by atoms with van der Waals surface area (Å²) in [6, 6.07) is 20.6. The SMILES string of the molecule is CC1=C2c3cc(C)n(-c4ccccc4)c3C1[Si]2(C)C.CC1=Cc2c(-c3ccc(C(C(F)(F)F)(C(F)(F)F)C(F)(F)F)cc3)cccc2[CH]1[Zr+2].[Cl-].[Cl-]. The first-order chi connectivity index (χ1) is 22.7. The Kier molecular flexibility index (Phi) is 11.1. The molecule has 1 nitrogen and oxygen atoms in total. The smallest absolute Gasteiger partial charge is 1.00 e. The van der Waals surface area contributed by atoms with Crippen molar-refractivity contribution in [2.24, 2.45) is 0 Å². The van der Waals surface area contributed by atoms with Crippen LogP contribution in [0.1, 0.15) is 56.7 Å². The molecule has 8 rings (SSSR count). The van der Waals surface area contributed by atoms with Gasteiger partial charge in [-0.25, -0.2) is 0 Å². The number of hydrogen-bond acceptors (Lipinski definition) is 0. The molecule has 51 heavy (non-hydrogen) atoms. The molecule has 2 aliphatic heterocycles. The van der Waals surface area contributed by atoms with Crippen molar-refractivity contribution in [1.29, 1.82) is 0 Å². The molecular formula is C37H31Cl2F9NSiZr. The number of para-hydroxylation sites is 1. The third-order valence-electron chi connectivity index (χ3n) is 10.2. The van der Waals surface area contributed by atoms with Gasteiger partial charge in [0.05, 0.1) is 8.07 Å². The van der Waals surface area contributed by atoms with Crippen LogP contribution >= 0.6 is 0 Å². The van der Waals surface area contributed by atoms with Crippen LogP contribution in [0.4, 0.5) is 39.5 Å². The standard InChI is InChI=1S/C20H12F9.C17H19NSi.2ClH.Zr/c1-11-9-13-3-2-4-15(16(13)10-11)12-5-7-14(8-6-12)17(18(21,22)23,19(24,25)26)20(27,28)29;1-11-10-14-15(17-12(2)16(14)19(17,3)4)18(11)13-8-6-5-7-9-13;;;/h2-10H,1H3;5-10,17H,1-4H3;2*1H;/q;;;;+2/p-2. The summed E-state index contributed by atoms with van der Waals surface area (Å²) < 4.78 is 122. The van der Waals surface area contributed by atoms with Crippen molar-refractivity contribution in [2.75, 3.05) is 0 Å². The van der Waals surface area contributed by atoms with Gasteiger partial charge >= 0.3 is 181 Å². The number of benzene rings is 3. The predicted molar refractivity (Wildman–Crippen MR) is 171 cm³/mol. The fourth-order valence-corrected chi connectivity index (χ4v) is 13.2. The van der Waals surface area contributed by atoms with Gasteiger partial charge in [0.15, 0.2) is 0 Å². The zero-order chi connectivity index (χ0) is 36.1. The van der Waals surface area contributed by atoms with E-state index in [-0.39, 0.29) is 46.1 Å². The van der Waals surface area contributed by atoms with Gasteiger partial charge < -0.3 is 29.4 Å². The van der Waals surface area contributed by atoms with E-state index in [1.165, 1.54) is 36.1 Å². The minimum Gasteiger partial charge on any atom is -1.00 e. The van der Waals surface area contributed by atoms with E-state index >= 15 is 0 Å². The molecule has 0 N–H and O–H groups in total. The normalized spacial score (nSPS) is 18.8. The summed E-state index contributed by atoms with van der Waals surface area (Å²) in [6.07, 6.45) is -18.0. The van der Waals surface area contributed by atoms with Crippen LogP contribution in [-0.4, -0.2) is 31.2 Å². The average molecular weight is 851 g/mol. The molecule has 0 spiro atoms. The Labute approximate surface area is 318 Å². The number of fused-ring (bicyclic) bond motifs is 1. The van der Waals surface area contributed by atoms with Crippen LogP contribution in [0.2, 0.25) is 13.1 Å². The van der Waals surface area contributed by atoms with Crippen LogP contribution in [0.5, 0.6) is 0 Å². The maximum atomic E-state index is 13.3. The summed E-state index contributed by atoms with van der Waals surface area (Å²) in [7, 11) is -1.19. The van der Waals surface area contributed by atoms with Gasteiger partial charge in [-0.1, -0.05) is 42.1 Å². The Morgan fingerprint density at radius 3 is 1.75 bits per heavy atom. The summed E-state index contributed by atoms with van der Waals surface area (Å²) in [5, 5.41) is 1.73. The molecule has 3 aromatic carbocycles. The zero-order valence-electron chi connectivity index (χ0n) is 27.8. The molecule has 2 atom stereocenters. The number of hydrogen-bond donors (Lipinski definition) is 0. The van der Waals surface area contributed by atoms with Crippen LogP contribution < -0.4 is 24.8 Å². The van der Waals surface area contributed by atoms with Gasteiger partial charge in [-0.3, -0.25) is 0 Å². The summed E-state index contributed by atoms with van der Waals surface area (Å²) in [6.45, 7) is 11.5. The van der Waals surface area contributed by atoms with Gasteiger partial charge in [-0.15, -0.1) is 0 Å². The molecule has 1 aromatic heterocycles. The second-order valence-electron chi connectivity index (χ2n) is 13.4. The van der Waals surface area contributed by atoms with Crippen molar-refractivity contribution in [1.82, 2.24) is 4.57 Å². The Bertz CT molecular complexity index is 1970. The molecule has 2 unspecified atom stereocenters. The zero-order valence-corrected chi connectivity index (χ0v) is 32.8. The molecule has 14 heteroatoms. The molecule has 2 bridgehead atoms. The Morgan fingerprint density at radius 2 is 1.24 bits per heavy atom. The molecular weight excluding hydrogens is 820 g/mol. The van der Waals surface area contributed by atoms with E-state index in [1.54, 1.807) is 34.2 Å². The van der Waals surface area contributed by atoms with Crippen LogP contribution in [0.15, 0.2) is 90.0 Å². The van der Waals surface area contributed by atoms with Crippen molar-refractivity contribution in [3.63, 3.8) is 0 Å².